The molecule has 5 heteroatoms. The molecule has 19 heavy (non-hydrogen) atoms. The third kappa shape index (κ3) is 3.03. The number of H-pyrrole nitrogens is 1. The minimum absolute atomic E-state index is 0.0576. The predicted octanol–water partition coefficient (Wildman–Crippen LogP) is 2.90. The number of amides is 1. The van der Waals surface area contributed by atoms with Crippen LogP contribution in [0.3, 0.4) is 0 Å². The lowest BCUT2D eigenvalue weighted by Crippen LogP contribution is -2.21. The number of hydrogen-bond donors (Lipinski definition) is 2. The molecule has 2 rings (SSSR count). The average molecular weight is 277 g/mol. The highest BCUT2D eigenvalue weighted by atomic mass is 35.5. The monoisotopic (exact) mass is 276 g/mol. The van der Waals surface area contributed by atoms with Crippen LogP contribution in [0, 0.1) is 13.8 Å². The Labute approximate surface area is 115 Å². The molecule has 0 aliphatic heterocycles. The Bertz CT molecular complexity index is 692. The van der Waals surface area contributed by atoms with Crippen LogP contribution in [0.1, 0.15) is 21.6 Å². The van der Waals surface area contributed by atoms with Crippen molar-refractivity contribution >= 4 is 23.2 Å². The predicted molar refractivity (Wildman–Crippen MR) is 75.9 cm³/mol. The second-order valence-corrected chi connectivity index (χ2v) is 4.74. The number of nitrogens with one attached hydrogen (secondary N) is 2. The van der Waals surface area contributed by atoms with Crippen LogP contribution < -0.4 is 10.7 Å². The van der Waals surface area contributed by atoms with Gasteiger partial charge in [0.2, 0.25) is 0 Å². The summed E-state index contributed by atoms with van der Waals surface area (Å²) >= 11 is 6.03. The number of rotatable bonds is 2. The number of halogens is 1. The summed E-state index contributed by atoms with van der Waals surface area (Å²) in [4.78, 5) is 26.5. The van der Waals surface area contributed by atoms with E-state index >= 15 is 0 Å². The molecule has 1 heterocycles. The number of anilines is 1. The zero-order valence-electron chi connectivity index (χ0n) is 10.6. The SMILES string of the molecule is Cc1ccc(NC(=O)c2c[nH]c(C)cc2=O)c(Cl)c1. The fourth-order valence-corrected chi connectivity index (χ4v) is 1.94. The average Bonchev–Trinajstić information content (AvgIpc) is 2.32. The Hall–Kier alpha value is -2.07. The topological polar surface area (TPSA) is 62.0 Å². The van der Waals surface area contributed by atoms with Crippen LogP contribution in [0.2, 0.25) is 5.02 Å². The van der Waals surface area contributed by atoms with Gasteiger partial charge in [-0.05, 0) is 31.5 Å². The van der Waals surface area contributed by atoms with Gasteiger partial charge in [0.05, 0.1) is 10.7 Å². The van der Waals surface area contributed by atoms with Crippen molar-refractivity contribution < 1.29 is 4.79 Å². The van der Waals surface area contributed by atoms with Crippen LogP contribution in [0.5, 0.6) is 0 Å². The summed E-state index contributed by atoms with van der Waals surface area (Å²) in [7, 11) is 0. The van der Waals surface area contributed by atoms with Crippen molar-refractivity contribution in [3.8, 4) is 0 Å². The fraction of sp³-hybridized carbons (Fsp3) is 0.143. The number of hydrogen-bond acceptors (Lipinski definition) is 2. The zero-order valence-corrected chi connectivity index (χ0v) is 11.3. The molecule has 0 atom stereocenters. The van der Waals surface area contributed by atoms with Gasteiger partial charge in [0.15, 0.2) is 5.43 Å². The van der Waals surface area contributed by atoms with Crippen molar-refractivity contribution in [3.63, 3.8) is 0 Å². The number of benzene rings is 1. The summed E-state index contributed by atoms with van der Waals surface area (Å²) in [6.07, 6.45) is 1.40. The van der Waals surface area contributed by atoms with E-state index in [4.69, 9.17) is 11.6 Å². The smallest absolute Gasteiger partial charge is 0.261 e. The normalized spacial score (nSPS) is 10.3. The highest BCUT2D eigenvalue weighted by molar-refractivity contribution is 6.34. The van der Waals surface area contributed by atoms with Gasteiger partial charge in [-0.1, -0.05) is 17.7 Å². The first-order chi connectivity index (χ1) is 8.97. The van der Waals surface area contributed by atoms with E-state index in [2.05, 4.69) is 10.3 Å². The van der Waals surface area contributed by atoms with E-state index in [1.54, 1.807) is 19.1 Å². The molecule has 0 saturated carbocycles. The molecule has 0 fully saturated rings. The Morgan fingerprint density at radius 2 is 2.00 bits per heavy atom. The highest BCUT2D eigenvalue weighted by Gasteiger charge is 2.12. The summed E-state index contributed by atoms with van der Waals surface area (Å²) in [5, 5.41) is 3.06. The number of pyridine rings is 1. The summed E-state index contributed by atoms with van der Waals surface area (Å²) in [5.41, 5.74) is 1.92. The van der Waals surface area contributed by atoms with Gasteiger partial charge in [-0.3, -0.25) is 9.59 Å². The van der Waals surface area contributed by atoms with Gasteiger partial charge < -0.3 is 10.3 Å². The second-order valence-electron chi connectivity index (χ2n) is 4.33. The minimum Gasteiger partial charge on any atom is -0.364 e. The maximum absolute atomic E-state index is 12.0. The van der Waals surface area contributed by atoms with Gasteiger partial charge in [-0.25, -0.2) is 0 Å². The lowest BCUT2D eigenvalue weighted by molar-refractivity contribution is 0.102. The van der Waals surface area contributed by atoms with Crippen molar-refractivity contribution in [1.29, 1.82) is 0 Å². The molecule has 0 unspecified atom stereocenters. The van der Waals surface area contributed by atoms with Gasteiger partial charge in [0.25, 0.3) is 5.91 Å². The molecule has 0 aliphatic carbocycles. The third-order valence-corrected chi connectivity index (χ3v) is 2.99. The van der Waals surface area contributed by atoms with Gasteiger partial charge in [-0.2, -0.15) is 0 Å². The molecule has 4 nitrogen and oxygen atoms in total. The molecule has 1 aromatic carbocycles. The zero-order chi connectivity index (χ0) is 14.0. The molecular formula is C14H13ClN2O2. The molecule has 0 radical (unpaired) electrons. The van der Waals surface area contributed by atoms with Crippen LogP contribution in [-0.2, 0) is 0 Å². The van der Waals surface area contributed by atoms with E-state index in [-0.39, 0.29) is 11.0 Å². The summed E-state index contributed by atoms with van der Waals surface area (Å²) in [6, 6.07) is 6.67. The molecule has 2 aromatic rings. The molecule has 1 amide bonds. The molecular weight excluding hydrogens is 264 g/mol. The molecule has 0 spiro atoms. The van der Waals surface area contributed by atoms with E-state index < -0.39 is 5.91 Å². The minimum atomic E-state index is -0.480. The van der Waals surface area contributed by atoms with E-state index in [1.807, 2.05) is 13.0 Å². The molecule has 98 valence electrons. The highest BCUT2D eigenvalue weighted by Crippen LogP contribution is 2.22. The number of aromatic amines is 1. The summed E-state index contributed by atoms with van der Waals surface area (Å²) in [5.74, 6) is -0.480. The van der Waals surface area contributed by atoms with Gasteiger partial charge in [0.1, 0.15) is 5.56 Å². The van der Waals surface area contributed by atoms with Crippen molar-refractivity contribution in [2.24, 2.45) is 0 Å². The Balaban J connectivity index is 2.28. The van der Waals surface area contributed by atoms with Crippen LogP contribution >= 0.6 is 11.6 Å². The van der Waals surface area contributed by atoms with Crippen molar-refractivity contribution in [2.45, 2.75) is 13.8 Å². The fourth-order valence-electron chi connectivity index (χ4n) is 1.66. The number of carbonyl (C=O) groups is 1. The molecule has 1 aromatic heterocycles. The molecule has 0 aliphatic rings. The van der Waals surface area contributed by atoms with E-state index in [0.717, 1.165) is 5.56 Å². The van der Waals surface area contributed by atoms with Gasteiger partial charge in [-0.15, -0.1) is 0 Å². The third-order valence-electron chi connectivity index (χ3n) is 2.67. The second kappa shape index (κ2) is 5.28. The lowest BCUT2D eigenvalue weighted by Gasteiger charge is -2.07. The van der Waals surface area contributed by atoms with E-state index in [0.29, 0.717) is 16.4 Å². The van der Waals surface area contributed by atoms with Crippen LogP contribution in [-0.4, -0.2) is 10.9 Å². The Kier molecular flexibility index (Phi) is 3.71. The first-order valence-electron chi connectivity index (χ1n) is 5.74. The van der Waals surface area contributed by atoms with Crippen LogP contribution in [0.25, 0.3) is 0 Å². The molecule has 0 bridgehead atoms. The van der Waals surface area contributed by atoms with Crippen molar-refractivity contribution in [3.05, 3.63) is 62.5 Å². The number of aromatic nitrogens is 1. The first-order valence-corrected chi connectivity index (χ1v) is 6.12. The summed E-state index contributed by atoms with van der Waals surface area (Å²) < 4.78 is 0. The summed E-state index contributed by atoms with van der Waals surface area (Å²) in [6.45, 7) is 3.65. The largest absolute Gasteiger partial charge is 0.364 e. The van der Waals surface area contributed by atoms with E-state index in [1.165, 1.54) is 12.3 Å². The van der Waals surface area contributed by atoms with Crippen molar-refractivity contribution in [2.75, 3.05) is 5.32 Å². The lowest BCUT2D eigenvalue weighted by atomic mass is 10.2. The van der Waals surface area contributed by atoms with Crippen LogP contribution in [0.15, 0.2) is 35.3 Å². The van der Waals surface area contributed by atoms with Crippen molar-refractivity contribution in [1.82, 2.24) is 4.98 Å². The molecule has 0 saturated heterocycles. The maximum atomic E-state index is 12.0. The Morgan fingerprint density at radius 3 is 2.63 bits per heavy atom. The standard InChI is InChI=1S/C14H13ClN2O2/c1-8-3-4-12(11(15)5-8)17-14(19)10-7-16-9(2)6-13(10)18/h3-7H,1-2H3,(H,16,18)(H,17,19). The maximum Gasteiger partial charge on any atom is 0.261 e. The molecule has 2 N–H and O–H groups in total. The quantitative estimate of drug-likeness (QED) is 0.886. The van der Waals surface area contributed by atoms with Crippen LogP contribution in [0.4, 0.5) is 5.69 Å². The van der Waals surface area contributed by atoms with Gasteiger partial charge >= 0.3 is 0 Å². The number of aryl methyl sites for hydroxylation is 2. The Morgan fingerprint density at radius 1 is 1.26 bits per heavy atom. The van der Waals surface area contributed by atoms with Gasteiger partial charge in [0, 0.05) is 18.0 Å². The van der Waals surface area contributed by atoms with E-state index in [9.17, 15) is 9.59 Å². The number of carbonyl (C=O) groups excluding carboxylic acids is 1. The first kappa shape index (κ1) is 13.4.